The zero-order valence-corrected chi connectivity index (χ0v) is 14.5. The van der Waals surface area contributed by atoms with Crippen molar-refractivity contribution in [3.8, 4) is 0 Å². The first-order valence-electron chi connectivity index (χ1n) is 7.09. The molecule has 2 rings (SSSR count). The van der Waals surface area contributed by atoms with Crippen molar-refractivity contribution >= 4 is 46.9 Å². The van der Waals surface area contributed by atoms with Crippen LogP contribution in [0.2, 0.25) is 5.02 Å². The van der Waals surface area contributed by atoms with E-state index in [0.29, 0.717) is 17.1 Å². The Morgan fingerprint density at radius 2 is 2.17 bits per heavy atom. The topological polar surface area (TPSA) is 78.5 Å². The molecule has 23 heavy (non-hydrogen) atoms. The van der Waals surface area contributed by atoms with E-state index >= 15 is 0 Å². The number of anilines is 1. The van der Waals surface area contributed by atoms with Crippen LogP contribution in [0.4, 0.5) is 10.5 Å². The lowest BCUT2D eigenvalue weighted by Crippen LogP contribution is -2.38. The molecule has 0 unspecified atom stereocenters. The monoisotopic (exact) mass is 355 g/mol. The van der Waals surface area contributed by atoms with Crippen molar-refractivity contribution in [2.75, 3.05) is 23.9 Å². The van der Waals surface area contributed by atoms with Crippen LogP contribution in [0.1, 0.15) is 12.0 Å². The number of carbonyl (C=O) groups is 3. The highest BCUT2D eigenvalue weighted by Gasteiger charge is 2.38. The minimum atomic E-state index is -0.546. The minimum absolute atomic E-state index is 0.313. The van der Waals surface area contributed by atoms with Gasteiger partial charge in [0.05, 0.1) is 0 Å². The Hall–Kier alpha value is -1.73. The van der Waals surface area contributed by atoms with Crippen LogP contribution in [0, 0.1) is 6.92 Å². The first kappa shape index (κ1) is 17.6. The molecule has 1 atom stereocenters. The summed E-state index contributed by atoms with van der Waals surface area (Å²) in [6.45, 7) is 1.52. The van der Waals surface area contributed by atoms with E-state index in [9.17, 15) is 14.4 Å². The van der Waals surface area contributed by atoms with Gasteiger partial charge >= 0.3 is 6.03 Å². The van der Waals surface area contributed by atoms with Crippen molar-refractivity contribution in [2.45, 2.75) is 19.4 Å². The van der Waals surface area contributed by atoms with E-state index in [1.807, 2.05) is 13.2 Å². The zero-order valence-electron chi connectivity index (χ0n) is 12.9. The lowest BCUT2D eigenvalue weighted by molar-refractivity contribution is -0.130. The van der Waals surface area contributed by atoms with E-state index in [1.54, 1.807) is 30.0 Å². The largest absolute Gasteiger partial charge is 0.326 e. The number of urea groups is 1. The first-order chi connectivity index (χ1) is 10.9. The SMILES string of the molecule is CSCC[C@H]1NC(=O)N(CC(=O)Nc2cc(Cl)ccc2C)C1=O. The van der Waals surface area contributed by atoms with Gasteiger partial charge in [0, 0.05) is 10.7 Å². The van der Waals surface area contributed by atoms with Crippen LogP contribution in [-0.4, -0.2) is 47.3 Å². The van der Waals surface area contributed by atoms with Crippen molar-refractivity contribution in [1.29, 1.82) is 0 Å². The highest BCUT2D eigenvalue weighted by Crippen LogP contribution is 2.20. The minimum Gasteiger partial charge on any atom is -0.326 e. The van der Waals surface area contributed by atoms with Crippen LogP contribution in [0.15, 0.2) is 18.2 Å². The van der Waals surface area contributed by atoms with E-state index in [4.69, 9.17) is 11.6 Å². The second-order valence-corrected chi connectivity index (χ2v) is 6.64. The molecule has 6 nitrogen and oxygen atoms in total. The van der Waals surface area contributed by atoms with Gasteiger partial charge in [-0.3, -0.25) is 14.5 Å². The van der Waals surface area contributed by atoms with Gasteiger partial charge in [0.1, 0.15) is 12.6 Å². The molecule has 0 bridgehead atoms. The van der Waals surface area contributed by atoms with Gasteiger partial charge in [-0.2, -0.15) is 11.8 Å². The quantitative estimate of drug-likeness (QED) is 0.767. The third kappa shape index (κ3) is 4.39. The standard InChI is InChI=1S/C15H18ClN3O3S/c1-9-3-4-10(16)7-12(9)17-13(20)8-19-14(21)11(5-6-23-2)18-15(19)22/h3-4,7,11H,5-6,8H2,1-2H3,(H,17,20)(H,18,22)/t11-/m1/s1. The Bertz CT molecular complexity index is 638. The molecule has 0 aliphatic carbocycles. The summed E-state index contributed by atoms with van der Waals surface area (Å²) in [6, 6.07) is 4.06. The fourth-order valence-corrected chi connectivity index (χ4v) is 2.86. The molecular formula is C15H18ClN3O3S. The molecule has 124 valence electrons. The highest BCUT2D eigenvalue weighted by atomic mass is 35.5. The molecule has 0 radical (unpaired) electrons. The number of amides is 4. The number of rotatable bonds is 6. The maximum atomic E-state index is 12.2. The summed E-state index contributed by atoms with van der Waals surface area (Å²) in [7, 11) is 0. The van der Waals surface area contributed by atoms with Gasteiger partial charge in [-0.25, -0.2) is 4.79 Å². The first-order valence-corrected chi connectivity index (χ1v) is 8.86. The maximum absolute atomic E-state index is 12.2. The molecule has 1 aromatic carbocycles. The van der Waals surface area contributed by atoms with Crippen molar-refractivity contribution < 1.29 is 14.4 Å². The van der Waals surface area contributed by atoms with E-state index < -0.39 is 18.0 Å². The third-order valence-corrected chi connectivity index (χ3v) is 4.37. The number of benzene rings is 1. The second-order valence-electron chi connectivity index (χ2n) is 5.22. The number of aryl methyl sites for hydroxylation is 1. The van der Waals surface area contributed by atoms with Gasteiger partial charge in [0.2, 0.25) is 5.91 Å². The van der Waals surface area contributed by atoms with Gasteiger partial charge in [-0.15, -0.1) is 0 Å². The molecule has 1 heterocycles. The predicted octanol–water partition coefficient (Wildman–Crippen LogP) is 2.26. The summed E-state index contributed by atoms with van der Waals surface area (Å²) < 4.78 is 0. The summed E-state index contributed by atoms with van der Waals surface area (Å²) >= 11 is 7.50. The second kappa shape index (κ2) is 7.70. The zero-order chi connectivity index (χ0) is 17.0. The molecule has 8 heteroatoms. The third-order valence-electron chi connectivity index (χ3n) is 3.49. The predicted molar refractivity (Wildman–Crippen MR) is 91.9 cm³/mol. The number of nitrogens with one attached hydrogen (secondary N) is 2. The molecule has 0 aromatic heterocycles. The smallest absolute Gasteiger partial charge is 0.325 e. The fraction of sp³-hybridized carbons (Fsp3) is 0.400. The Balaban J connectivity index is 1.98. The Morgan fingerprint density at radius 3 is 2.87 bits per heavy atom. The fourth-order valence-electron chi connectivity index (χ4n) is 2.22. The Labute approximate surface area is 143 Å². The molecule has 1 aliphatic rings. The van der Waals surface area contributed by atoms with Crippen molar-refractivity contribution in [3.63, 3.8) is 0 Å². The summed E-state index contributed by atoms with van der Waals surface area (Å²) in [6.07, 6.45) is 2.48. The molecule has 0 spiro atoms. The molecule has 1 aliphatic heterocycles. The van der Waals surface area contributed by atoms with Gasteiger partial charge in [0.25, 0.3) is 5.91 Å². The molecule has 2 N–H and O–H groups in total. The maximum Gasteiger partial charge on any atom is 0.325 e. The molecule has 0 saturated carbocycles. The summed E-state index contributed by atoms with van der Waals surface area (Å²) in [4.78, 5) is 37.1. The van der Waals surface area contributed by atoms with Gasteiger partial charge in [0.15, 0.2) is 0 Å². The summed E-state index contributed by atoms with van der Waals surface area (Å²) in [5.41, 5.74) is 1.41. The molecule has 1 aromatic rings. The lowest BCUT2D eigenvalue weighted by atomic mass is 10.2. The van der Waals surface area contributed by atoms with Gasteiger partial charge < -0.3 is 10.6 Å². The van der Waals surface area contributed by atoms with E-state index in [0.717, 1.165) is 16.2 Å². The van der Waals surface area contributed by atoms with Crippen LogP contribution in [0.3, 0.4) is 0 Å². The number of halogens is 1. The molecule has 1 fully saturated rings. The van der Waals surface area contributed by atoms with Crippen molar-refractivity contribution in [1.82, 2.24) is 10.2 Å². The molecular weight excluding hydrogens is 338 g/mol. The van der Waals surface area contributed by atoms with Crippen molar-refractivity contribution in [3.05, 3.63) is 28.8 Å². The van der Waals surface area contributed by atoms with E-state index in [2.05, 4.69) is 10.6 Å². The van der Waals surface area contributed by atoms with Crippen LogP contribution in [0.5, 0.6) is 0 Å². The average Bonchev–Trinajstić information content (AvgIpc) is 2.76. The van der Waals surface area contributed by atoms with Crippen LogP contribution >= 0.6 is 23.4 Å². The number of thioether (sulfide) groups is 1. The van der Waals surface area contributed by atoms with Crippen LogP contribution in [-0.2, 0) is 9.59 Å². The molecule has 1 saturated heterocycles. The summed E-state index contributed by atoms with van der Waals surface area (Å²) in [5.74, 6) is -0.0373. The lowest BCUT2D eigenvalue weighted by Gasteiger charge is -2.14. The van der Waals surface area contributed by atoms with Crippen LogP contribution < -0.4 is 10.6 Å². The normalized spacial score (nSPS) is 17.3. The summed E-state index contributed by atoms with van der Waals surface area (Å²) in [5, 5.41) is 5.78. The number of hydrogen-bond donors (Lipinski definition) is 2. The number of hydrogen-bond acceptors (Lipinski definition) is 4. The van der Waals surface area contributed by atoms with Crippen molar-refractivity contribution in [2.24, 2.45) is 0 Å². The molecule has 4 amide bonds. The number of imide groups is 1. The Morgan fingerprint density at radius 1 is 1.43 bits per heavy atom. The van der Waals surface area contributed by atoms with Gasteiger partial charge in [-0.05, 0) is 43.0 Å². The van der Waals surface area contributed by atoms with Crippen LogP contribution in [0.25, 0.3) is 0 Å². The van der Waals surface area contributed by atoms with E-state index in [-0.39, 0.29) is 12.5 Å². The Kier molecular flexibility index (Phi) is 5.90. The number of nitrogens with zero attached hydrogens (tertiary/aromatic N) is 1. The van der Waals surface area contributed by atoms with Gasteiger partial charge in [-0.1, -0.05) is 17.7 Å². The highest BCUT2D eigenvalue weighted by molar-refractivity contribution is 7.98. The average molecular weight is 356 g/mol. The number of carbonyl (C=O) groups excluding carboxylic acids is 3. The van der Waals surface area contributed by atoms with E-state index in [1.165, 1.54) is 0 Å².